The van der Waals surface area contributed by atoms with Gasteiger partial charge in [0.2, 0.25) is 0 Å². The fourth-order valence-electron chi connectivity index (χ4n) is 4.51. The number of hydroxylamine groups is 1. The van der Waals surface area contributed by atoms with Crippen LogP contribution in [-0.4, -0.2) is 102 Å². The number of β-amino-alcohol motifs (C(OH)–C–C–N with tert-alkyl or cyclic N) is 2. The number of carbonyl (C=O) groups excluding carboxylic acids is 1. The zero-order valence-electron chi connectivity index (χ0n) is 21.3. The second-order valence-corrected chi connectivity index (χ2v) is 9.72. The molecule has 10 heteroatoms. The van der Waals surface area contributed by atoms with Gasteiger partial charge in [0.1, 0.15) is 6.61 Å². The maximum absolute atomic E-state index is 12.6. The number of likely N-dealkylation sites (tertiary alicyclic amines) is 2. The van der Waals surface area contributed by atoms with Crippen LogP contribution in [-0.2, 0) is 9.68 Å². The average molecular weight is 488 g/mol. The molecule has 200 valence electrons. The fourth-order valence-corrected chi connectivity index (χ4v) is 4.51. The van der Waals surface area contributed by atoms with Crippen molar-refractivity contribution in [1.82, 2.24) is 25.9 Å². The molecule has 2 rings (SSSR count). The largest absolute Gasteiger partial charge is 0.389 e. The molecule has 2 unspecified atom stereocenters. The molecule has 2 heterocycles. The zero-order chi connectivity index (χ0) is 24.4. The van der Waals surface area contributed by atoms with Crippen molar-refractivity contribution in [3.8, 4) is 0 Å². The van der Waals surface area contributed by atoms with Crippen molar-refractivity contribution < 1.29 is 24.7 Å². The van der Waals surface area contributed by atoms with Gasteiger partial charge in [0, 0.05) is 19.6 Å². The van der Waals surface area contributed by atoms with Gasteiger partial charge in [-0.3, -0.25) is 9.68 Å². The van der Waals surface area contributed by atoms with Crippen molar-refractivity contribution in [2.24, 2.45) is 0 Å². The Morgan fingerprint density at radius 2 is 1.35 bits per heavy atom. The molecule has 0 bridgehead atoms. The maximum Gasteiger partial charge on any atom is 0.357 e. The first-order valence-corrected chi connectivity index (χ1v) is 13.5. The van der Waals surface area contributed by atoms with Crippen molar-refractivity contribution in [3.05, 3.63) is 0 Å². The smallest absolute Gasteiger partial charge is 0.357 e. The maximum atomic E-state index is 12.6. The second kappa shape index (κ2) is 18.3. The minimum Gasteiger partial charge on any atom is -0.389 e. The minimum absolute atomic E-state index is 0.0297. The number of hydrogen-bond donors (Lipinski definition) is 4. The van der Waals surface area contributed by atoms with E-state index in [4.69, 9.17) is 9.68 Å². The number of carbonyl (C=O) groups is 1. The van der Waals surface area contributed by atoms with Crippen LogP contribution >= 0.6 is 0 Å². The highest BCUT2D eigenvalue weighted by Gasteiger charge is 2.19. The Hall–Kier alpha value is -1.01. The summed E-state index contributed by atoms with van der Waals surface area (Å²) in [5.41, 5.74) is 5.08. The van der Waals surface area contributed by atoms with Gasteiger partial charge in [-0.25, -0.2) is 15.3 Å². The van der Waals surface area contributed by atoms with Crippen LogP contribution in [0.2, 0.25) is 0 Å². The van der Waals surface area contributed by atoms with Crippen LogP contribution < -0.4 is 11.1 Å². The van der Waals surface area contributed by atoms with E-state index in [1.165, 1.54) is 37.1 Å². The van der Waals surface area contributed by atoms with Crippen molar-refractivity contribution in [2.75, 3.05) is 59.0 Å². The van der Waals surface area contributed by atoms with E-state index in [0.717, 1.165) is 64.7 Å². The molecule has 0 spiro atoms. The number of hydrogen-bond acceptors (Lipinski definition) is 8. The minimum atomic E-state index is -0.657. The lowest BCUT2D eigenvalue weighted by Crippen LogP contribution is -2.50. The molecule has 0 aromatic heterocycles. The molecule has 0 aromatic carbocycles. The lowest BCUT2D eigenvalue weighted by atomic mass is 10.1. The van der Waals surface area contributed by atoms with E-state index in [2.05, 4.69) is 27.8 Å². The summed E-state index contributed by atoms with van der Waals surface area (Å²) < 4.78 is 0. The summed E-state index contributed by atoms with van der Waals surface area (Å²) in [6, 6.07) is -0.480. The molecule has 34 heavy (non-hydrogen) atoms. The average Bonchev–Trinajstić information content (AvgIpc) is 2.84. The second-order valence-electron chi connectivity index (χ2n) is 9.72. The van der Waals surface area contributed by atoms with Gasteiger partial charge in [-0.1, -0.05) is 45.4 Å². The number of unbranched alkanes of at least 4 members (excludes halogenated alkanes) is 4. The Morgan fingerprint density at radius 1 is 0.824 bits per heavy atom. The number of nitrogens with zero attached hydrogens (tertiary/aromatic N) is 3. The third-order valence-electron chi connectivity index (χ3n) is 6.45. The summed E-state index contributed by atoms with van der Waals surface area (Å²) in [5, 5.41) is 21.8. The molecular weight excluding hydrogens is 438 g/mol. The normalized spacial score (nSPS) is 19.6. The Morgan fingerprint density at radius 3 is 1.91 bits per heavy atom. The van der Waals surface area contributed by atoms with E-state index in [0.29, 0.717) is 19.6 Å². The molecular formula is C24H49N5O5. The number of rotatable bonds is 17. The van der Waals surface area contributed by atoms with E-state index >= 15 is 0 Å². The lowest BCUT2D eigenvalue weighted by Gasteiger charge is -2.29. The summed E-state index contributed by atoms with van der Waals surface area (Å²) in [5.74, 6) is 0. The topological polar surface area (TPSA) is 110 Å². The van der Waals surface area contributed by atoms with Crippen LogP contribution in [0, 0.1) is 0 Å². The molecule has 10 nitrogen and oxygen atoms in total. The van der Waals surface area contributed by atoms with Crippen LogP contribution in [0.1, 0.15) is 77.6 Å². The fraction of sp³-hybridized carbons (Fsp3) is 0.958. The molecule has 0 saturated carbocycles. The monoisotopic (exact) mass is 487 g/mol. The van der Waals surface area contributed by atoms with Crippen molar-refractivity contribution in [3.63, 3.8) is 0 Å². The third kappa shape index (κ3) is 13.2. The number of piperidine rings is 2. The molecule has 2 atom stereocenters. The highest BCUT2D eigenvalue weighted by Crippen LogP contribution is 2.10. The van der Waals surface area contributed by atoms with Gasteiger partial charge in [-0.15, -0.1) is 5.59 Å². The van der Waals surface area contributed by atoms with Gasteiger partial charge in [-0.05, 0) is 58.3 Å². The molecule has 4 N–H and O–H groups in total. The molecule has 2 saturated heterocycles. The predicted octanol–water partition coefficient (Wildman–Crippen LogP) is 2.03. The van der Waals surface area contributed by atoms with Crippen molar-refractivity contribution in [1.29, 1.82) is 0 Å². The van der Waals surface area contributed by atoms with Crippen LogP contribution in [0.4, 0.5) is 4.79 Å². The third-order valence-corrected chi connectivity index (χ3v) is 6.45. The summed E-state index contributed by atoms with van der Waals surface area (Å²) in [6.07, 6.45) is 11.2. The zero-order valence-corrected chi connectivity index (χ0v) is 21.3. The number of aliphatic hydroxyl groups is 2. The highest BCUT2D eigenvalue weighted by atomic mass is 16.7. The number of aliphatic hydroxyl groups excluding tert-OH is 2. The quantitative estimate of drug-likeness (QED) is 0.182. The summed E-state index contributed by atoms with van der Waals surface area (Å²) in [7, 11) is 0. The summed E-state index contributed by atoms with van der Waals surface area (Å²) in [6.45, 7) is 7.89. The van der Waals surface area contributed by atoms with E-state index in [9.17, 15) is 15.0 Å². The van der Waals surface area contributed by atoms with Gasteiger partial charge in [0.25, 0.3) is 0 Å². The predicted molar refractivity (Wildman–Crippen MR) is 132 cm³/mol. The number of amides is 2. The van der Waals surface area contributed by atoms with E-state index in [1.807, 2.05) is 0 Å². The number of urea groups is 1. The van der Waals surface area contributed by atoms with Crippen LogP contribution in [0.15, 0.2) is 0 Å². The van der Waals surface area contributed by atoms with E-state index in [1.54, 1.807) is 0 Å². The molecule has 0 radical (unpaired) electrons. The first-order chi connectivity index (χ1) is 16.6. The lowest BCUT2D eigenvalue weighted by molar-refractivity contribution is -0.102. The highest BCUT2D eigenvalue weighted by molar-refractivity contribution is 5.72. The Bertz CT molecular complexity index is 518. The number of nitrogens with one attached hydrogen (secondary N) is 2. The van der Waals surface area contributed by atoms with Gasteiger partial charge in [0.05, 0.1) is 18.8 Å². The van der Waals surface area contributed by atoms with Gasteiger partial charge in [-0.2, -0.15) is 0 Å². The Labute approximate surface area is 205 Å². The van der Waals surface area contributed by atoms with Crippen LogP contribution in [0.25, 0.3) is 0 Å². The van der Waals surface area contributed by atoms with E-state index < -0.39 is 18.2 Å². The molecule has 2 aliphatic heterocycles. The molecule has 0 aromatic rings. The Kier molecular flexibility index (Phi) is 15.7. The first kappa shape index (κ1) is 29.2. The Balaban J connectivity index is 1.67. The molecule has 2 fully saturated rings. The number of hydrazine groups is 1. The SMILES string of the molecule is CCCCCCCN(NOCC(O)CN1CCCCC1)C(=O)NOCC(O)CN1CCCCC1. The van der Waals surface area contributed by atoms with E-state index in [-0.39, 0.29) is 13.2 Å². The molecule has 2 amide bonds. The first-order valence-electron chi connectivity index (χ1n) is 13.5. The standard InChI is InChI=1S/C24H49N5O5/c1-2-3-4-5-12-17-29(26-34-21-23(31)19-28-15-10-7-11-16-28)24(32)25-33-20-22(30)18-27-13-8-6-9-14-27/h22-23,26,30-31H,2-21H2,1H3,(H,25,32). The van der Waals surface area contributed by atoms with Crippen molar-refractivity contribution in [2.45, 2.75) is 89.8 Å². The molecule has 2 aliphatic rings. The van der Waals surface area contributed by atoms with Crippen molar-refractivity contribution >= 4 is 6.03 Å². The summed E-state index contributed by atoms with van der Waals surface area (Å²) in [4.78, 5) is 27.8. The van der Waals surface area contributed by atoms with Crippen LogP contribution in [0.5, 0.6) is 0 Å². The summed E-state index contributed by atoms with van der Waals surface area (Å²) >= 11 is 0. The van der Waals surface area contributed by atoms with Gasteiger partial charge < -0.3 is 20.0 Å². The van der Waals surface area contributed by atoms with Gasteiger partial charge >= 0.3 is 6.03 Å². The van der Waals surface area contributed by atoms with Crippen LogP contribution in [0.3, 0.4) is 0 Å². The van der Waals surface area contributed by atoms with Gasteiger partial charge in [0.15, 0.2) is 0 Å². The molecule has 0 aliphatic carbocycles.